The van der Waals surface area contributed by atoms with Gasteiger partial charge in [0.2, 0.25) is 5.16 Å². The number of hydrogen-bond donors (Lipinski definition) is 1. The van der Waals surface area contributed by atoms with Gasteiger partial charge in [-0.25, -0.2) is 0 Å². The summed E-state index contributed by atoms with van der Waals surface area (Å²) < 4.78 is 1.62. The molecule has 0 spiro atoms. The molecule has 0 amide bonds. The van der Waals surface area contributed by atoms with Gasteiger partial charge in [0.05, 0.1) is 20.6 Å². The van der Waals surface area contributed by atoms with Gasteiger partial charge in [-0.1, -0.05) is 41.4 Å². The number of rotatable bonds is 3. The molecule has 0 aliphatic carbocycles. The average Bonchev–Trinajstić information content (AvgIpc) is 2.92. The van der Waals surface area contributed by atoms with Crippen LogP contribution in [0.15, 0.2) is 52.5 Å². The van der Waals surface area contributed by atoms with Crippen LogP contribution in [0.2, 0.25) is 10.0 Å². The standard InChI is InChI=1S/C13H9Cl2N5S/c14-10-6-8(16)7-11(15)12(10)21-13-17-18-19-20(13)9-4-2-1-3-5-9/h1-7H,16H2. The average molecular weight is 338 g/mol. The van der Waals surface area contributed by atoms with Crippen molar-refractivity contribution in [1.82, 2.24) is 20.2 Å². The topological polar surface area (TPSA) is 69.6 Å². The molecule has 0 atom stereocenters. The fourth-order valence-corrected chi connectivity index (χ4v) is 3.28. The Bertz CT molecular complexity index is 752. The van der Waals surface area contributed by atoms with Gasteiger partial charge in [0.25, 0.3) is 0 Å². The molecule has 0 fully saturated rings. The van der Waals surface area contributed by atoms with E-state index in [0.29, 0.717) is 25.8 Å². The first kappa shape index (κ1) is 14.2. The van der Waals surface area contributed by atoms with E-state index in [1.165, 1.54) is 11.8 Å². The highest BCUT2D eigenvalue weighted by atomic mass is 35.5. The summed E-state index contributed by atoms with van der Waals surface area (Å²) in [6, 6.07) is 12.9. The van der Waals surface area contributed by atoms with Gasteiger partial charge in [-0.3, -0.25) is 0 Å². The van der Waals surface area contributed by atoms with Crippen molar-refractivity contribution in [2.24, 2.45) is 0 Å². The summed E-state index contributed by atoms with van der Waals surface area (Å²) in [5.74, 6) is 0. The first-order valence-corrected chi connectivity index (χ1v) is 7.48. The second kappa shape index (κ2) is 5.93. The lowest BCUT2D eigenvalue weighted by Crippen LogP contribution is -1.98. The molecule has 2 aromatic carbocycles. The maximum atomic E-state index is 6.19. The molecule has 0 bridgehead atoms. The predicted molar refractivity (Wildman–Crippen MR) is 84.2 cm³/mol. The van der Waals surface area contributed by atoms with Gasteiger partial charge in [0.15, 0.2) is 0 Å². The van der Waals surface area contributed by atoms with Gasteiger partial charge in [0.1, 0.15) is 0 Å². The Morgan fingerprint density at radius 2 is 1.71 bits per heavy atom. The Labute approximate surface area is 135 Å². The van der Waals surface area contributed by atoms with Gasteiger partial charge < -0.3 is 5.73 Å². The predicted octanol–water partition coefficient (Wildman–Crippen LogP) is 3.70. The minimum absolute atomic E-state index is 0.465. The summed E-state index contributed by atoms with van der Waals surface area (Å²) in [6.07, 6.45) is 0. The lowest BCUT2D eigenvalue weighted by molar-refractivity contribution is 0.756. The van der Waals surface area contributed by atoms with E-state index in [-0.39, 0.29) is 0 Å². The van der Waals surface area contributed by atoms with Crippen LogP contribution in [0.25, 0.3) is 5.69 Å². The van der Waals surface area contributed by atoms with Crippen LogP contribution in [0.5, 0.6) is 0 Å². The summed E-state index contributed by atoms with van der Waals surface area (Å²) in [7, 11) is 0. The van der Waals surface area contributed by atoms with Crippen LogP contribution in [0, 0.1) is 0 Å². The number of halogens is 2. The molecule has 0 aliphatic heterocycles. The molecule has 0 radical (unpaired) electrons. The van der Waals surface area contributed by atoms with E-state index >= 15 is 0 Å². The highest BCUT2D eigenvalue weighted by molar-refractivity contribution is 7.99. The summed E-state index contributed by atoms with van der Waals surface area (Å²) in [4.78, 5) is 0.666. The van der Waals surface area contributed by atoms with E-state index in [2.05, 4.69) is 15.5 Å². The zero-order valence-corrected chi connectivity index (χ0v) is 12.9. The van der Waals surface area contributed by atoms with E-state index in [9.17, 15) is 0 Å². The minimum atomic E-state index is 0.465. The van der Waals surface area contributed by atoms with Gasteiger partial charge >= 0.3 is 0 Å². The van der Waals surface area contributed by atoms with Crippen LogP contribution in [0.3, 0.4) is 0 Å². The summed E-state index contributed by atoms with van der Waals surface area (Å²) in [5.41, 5.74) is 7.06. The molecule has 106 valence electrons. The molecule has 0 unspecified atom stereocenters. The zero-order chi connectivity index (χ0) is 14.8. The Kier molecular flexibility index (Phi) is 4.01. The van der Waals surface area contributed by atoms with Gasteiger partial charge in [-0.05, 0) is 46.5 Å². The summed E-state index contributed by atoms with van der Waals surface area (Å²) >= 11 is 13.7. The summed E-state index contributed by atoms with van der Waals surface area (Å²) in [5, 5.41) is 13.2. The molecule has 5 nitrogen and oxygen atoms in total. The second-order valence-electron chi connectivity index (χ2n) is 4.12. The van der Waals surface area contributed by atoms with Crippen molar-refractivity contribution in [2.45, 2.75) is 10.1 Å². The van der Waals surface area contributed by atoms with Gasteiger partial charge in [0, 0.05) is 5.69 Å². The molecule has 8 heteroatoms. The third kappa shape index (κ3) is 2.97. The Balaban J connectivity index is 1.99. The number of nitrogen functional groups attached to an aromatic ring is 1. The Hall–Kier alpha value is -1.76. The molecule has 3 aromatic rings. The van der Waals surface area contributed by atoms with Crippen LogP contribution in [-0.2, 0) is 0 Å². The number of tetrazole rings is 1. The third-order valence-electron chi connectivity index (χ3n) is 2.66. The number of hydrogen-bond acceptors (Lipinski definition) is 5. The highest BCUT2D eigenvalue weighted by Crippen LogP contribution is 2.39. The molecule has 1 aromatic heterocycles. The second-order valence-corrected chi connectivity index (χ2v) is 5.92. The van der Waals surface area contributed by atoms with E-state index in [0.717, 1.165) is 5.69 Å². The smallest absolute Gasteiger partial charge is 0.219 e. The number of benzene rings is 2. The number of para-hydroxylation sites is 1. The number of anilines is 1. The molecule has 2 N–H and O–H groups in total. The minimum Gasteiger partial charge on any atom is -0.399 e. The Morgan fingerprint density at radius 1 is 1.05 bits per heavy atom. The van der Waals surface area contributed by atoms with Crippen molar-refractivity contribution in [2.75, 3.05) is 5.73 Å². The number of nitrogens with two attached hydrogens (primary N) is 1. The lowest BCUT2D eigenvalue weighted by Gasteiger charge is -2.08. The van der Waals surface area contributed by atoms with Crippen molar-refractivity contribution < 1.29 is 0 Å². The maximum absolute atomic E-state index is 6.19. The fourth-order valence-electron chi connectivity index (χ4n) is 1.74. The normalized spacial score (nSPS) is 10.8. The highest BCUT2D eigenvalue weighted by Gasteiger charge is 2.15. The largest absolute Gasteiger partial charge is 0.399 e. The molecule has 21 heavy (non-hydrogen) atoms. The summed E-state index contributed by atoms with van der Waals surface area (Å²) in [6.45, 7) is 0. The van der Waals surface area contributed by atoms with Crippen molar-refractivity contribution >= 4 is 40.7 Å². The van der Waals surface area contributed by atoms with E-state index in [4.69, 9.17) is 28.9 Å². The van der Waals surface area contributed by atoms with Gasteiger partial charge in [-0.2, -0.15) is 4.68 Å². The molecular formula is C13H9Cl2N5S. The molecule has 0 aliphatic rings. The SMILES string of the molecule is Nc1cc(Cl)c(Sc2nnnn2-c2ccccc2)c(Cl)c1. The van der Waals surface area contributed by atoms with Crippen molar-refractivity contribution in [3.8, 4) is 5.69 Å². The Morgan fingerprint density at radius 3 is 2.38 bits per heavy atom. The third-order valence-corrected chi connectivity index (χ3v) is 4.56. The van der Waals surface area contributed by atoms with Crippen LogP contribution < -0.4 is 5.73 Å². The van der Waals surface area contributed by atoms with Crippen molar-refractivity contribution in [3.63, 3.8) is 0 Å². The molecule has 0 saturated heterocycles. The number of nitrogens with zero attached hydrogens (tertiary/aromatic N) is 4. The van der Waals surface area contributed by atoms with Crippen molar-refractivity contribution in [3.05, 3.63) is 52.5 Å². The van der Waals surface area contributed by atoms with Crippen LogP contribution in [0.4, 0.5) is 5.69 Å². The van der Waals surface area contributed by atoms with E-state index < -0.39 is 0 Å². The van der Waals surface area contributed by atoms with Gasteiger partial charge in [-0.15, -0.1) is 5.10 Å². The monoisotopic (exact) mass is 337 g/mol. The molecule has 0 saturated carbocycles. The zero-order valence-electron chi connectivity index (χ0n) is 10.6. The maximum Gasteiger partial charge on any atom is 0.219 e. The molecular weight excluding hydrogens is 329 g/mol. The molecule has 3 rings (SSSR count). The fraction of sp³-hybridized carbons (Fsp3) is 0. The lowest BCUT2D eigenvalue weighted by atomic mass is 10.3. The molecule has 1 heterocycles. The van der Waals surface area contributed by atoms with E-state index in [1.54, 1.807) is 16.8 Å². The van der Waals surface area contributed by atoms with Crippen LogP contribution in [0.1, 0.15) is 0 Å². The first-order chi connectivity index (χ1) is 10.1. The van der Waals surface area contributed by atoms with E-state index in [1.807, 2.05) is 30.3 Å². The number of aromatic nitrogens is 4. The van der Waals surface area contributed by atoms with Crippen LogP contribution >= 0.6 is 35.0 Å². The van der Waals surface area contributed by atoms with Crippen molar-refractivity contribution in [1.29, 1.82) is 0 Å². The quantitative estimate of drug-likeness (QED) is 0.738. The first-order valence-electron chi connectivity index (χ1n) is 5.91. The van der Waals surface area contributed by atoms with Crippen LogP contribution in [-0.4, -0.2) is 20.2 Å².